The summed E-state index contributed by atoms with van der Waals surface area (Å²) < 4.78 is 57.3. The minimum absolute atomic E-state index is 0.159. The van der Waals surface area contributed by atoms with E-state index in [0.29, 0.717) is 5.56 Å². The Kier molecular flexibility index (Phi) is 5.76. The van der Waals surface area contributed by atoms with E-state index in [1.165, 1.54) is 0 Å². The Hall–Kier alpha value is -7.30. The predicted octanol–water partition coefficient (Wildman–Crippen LogP) is 14.2. The molecule has 0 aliphatic rings. The molecule has 0 saturated carbocycles. The molecule has 8 aromatic carbocycles. The molecule has 4 heteroatoms. The van der Waals surface area contributed by atoms with Crippen LogP contribution in [0.2, 0.25) is 0 Å². The number of hydrogen-bond acceptors (Lipinski definition) is 3. The summed E-state index contributed by atoms with van der Waals surface area (Å²) in [6.45, 7) is 0. The summed E-state index contributed by atoms with van der Waals surface area (Å²) in [5, 5.41) is 5.26. The van der Waals surface area contributed by atoms with Crippen molar-refractivity contribution in [2.75, 3.05) is 4.90 Å². The van der Waals surface area contributed by atoms with Crippen LogP contribution in [0.15, 0.2) is 203 Å². The number of fused-ring (bicyclic) bond motifs is 8. The van der Waals surface area contributed by atoms with E-state index in [4.69, 9.17) is 15.7 Å². The lowest BCUT2D eigenvalue weighted by atomic mass is 10.0. The van der Waals surface area contributed by atoms with Crippen molar-refractivity contribution in [3.63, 3.8) is 0 Å². The van der Waals surface area contributed by atoms with Crippen LogP contribution in [0.25, 0.3) is 82.9 Å². The van der Waals surface area contributed by atoms with Gasteiger partial charge in [-0.1, -0.05) is 139 Å². The number of anilines is 3. The summed E-state index contributed by atoms with van der Waals surface area (Å²) in [5.41, 5.74) is 10.4. The molecule has 11 rings (SSSR count). The Morgan fingerprint density at radius 2 is 1.11 bits per heavy atom. The molecule has 0 bridgehead atoms. The van der Waals surface area contributed by atoms with Crippen LogP contribution >= 0.6 is 0 Å². The second-order valence-electron chi connectivity index (χ2n) is 13.3. The largest absolute Gasteiger partial charge is 0.454 e. The molecule has 0 aliphatic heterocycles. The Morgan fingerprint density at radius 3 is 1.91 bits per heavy atom. The minimum atomic E-state index is -0.416. The van der Waals surface area contributed by atoms with Crippen LogP contribution in [0.4, 0.5) is 17.1 Å². The van der Waals surface area contributed by atoms with Crippen LogP contribution in [0.1, 0.15) is 6.85 Å². The molecule has 0 aliphatic carbocycles. The van der Waals surface area contributed by atoms with Gasteiger partial charge >= 0.3 is 0 Å². The van der Waals surface area contributed by atoms with Gasteiger partial charge in [0.1, 0.15) is 11.2 Å². The van der Waals surface area contributed by atoms with E-state index in [-0.39, 0.29) is 29.7 Å². The molecular formula is C50H32N2O2. The molecule has 0 fully saturated rings. The third-order valence-electron chi connectivity index (χ3n) is 10.3. The lowest BCUT2D eigenvalue weighted by molar-refractivity contribution is 0.646. The van der Waals surface area contributed by atoms with Crippen molar-refractivity contribution < 1.29 is 15.7 Å². The normalized spacial score (nSPS) is 13.0. The van der Waals surface area contributed by atoms with Crippen molar-refractivity contribution in [1.29, 1.82) is 0 Å². The molecule has 3 aromatic heterocycles. The molecule has 0 spiro atoms. The fourth-order valence-corrected chi connectivity index (χ4v) is 7.87. The first-order valence-corrected chi connectivity index (χ1v) is 17.9. The lowest BCUT2D eigenvalue weighted by Crippen LogP contribution is -2.10. The molecule has 0 radical (unpaired) electrons. The number of para-hydroxylation sites is 5. The molecule has 0 N–H and O–H groups in total. The highest BCUT2D eigenvalue weighted by molar-refractivity contribution is 6.21. The molecule has 0 saturated heterocycles. The second-order valence-corrected chi connectivity index (χ2v) is 13.3. The molecular weight excluding hydrogens is 661 g/mol. The number of nitrogens with zero attached hydrogens (tertiary/aromatic N) is 2. The van der Waals surface area contributed by atoms with Gasteiger partial charge in [0.25, 0.3) is 0 Å². The van der Waals surface area contributed by atoms with Gasteiger partial charge in [-0.25, -0.2) is 0 Å². The third kappa shape index (κ3) is 4.70. The van der Waals surface area contributed by atoms with Crippen molar-refractivity contribution in [3.05, 3.63) is 194 Å². The van der Waals surface area contributed by atoms with Gasteiger partial charge in [-0.05, 0) is 71.3 Å². The molecule has 0 atom stereocenters. The summed E-state index contributed by atoms with van der Waals surface area (Å²) in [4.78, 5) is 2.12. The Balaban J connectivity index is 1.06. The zero-order valence-electron chi connectivity index (χ0n) is 33.8. The van der Waals surface area contributed by atoms with Crippen LogP contribution in [0.5, 0.6) is 0 Å². The van der Waals surface area contributed by atoms with Crippen molar-refractivity contribution >= 4 is 72.0 Å². The highest BCUT2D eigenvalue weighted by Gasteiger charge is 2.22. The molecule has 0 unspecified atom stereocenters. The lowest BCUT2D eigenvalue weighted by Gasteiger charge is -2.26. The van der Waals surface area contributed by atoms with Crippen molar-refractivity contribution in [1.82, 2.24) is 4.57 Å². The molecule has 54 heavy (non-hydrogen) atoms. The van der Waals surface area contributed by atoms with E-state index in [0.717, 1.165) is 88.8 Å². The van der Waals surface area contributed by atoms with Gasteiger partial charge in [-0.15, -0.1) is 0 Å². The molecule has 0 amide bonds. The van der Waals surface area contributed by atoms with Gasteiger partial charge in [-0.2, -0.15) is 0 Å². The first-order valence-electron chi connectivity index (χ1n) is 20.4. The van der Waals surface area contributed by atoms with E-state index in [9.17, 15) is 0 Å². The molecule has 254 valence electrons. The van der Waals surface area contributed by atoms with E-state index < -0.39 is 6.04 Å². The SMILES string of the molecule is [2H]c1c([2H])c([2H])c(-c2ccc(N(c3ccc(-c4cccc5c4oc4c5c5ccccc5n4-c4ccccc4)cc3)c3cccc4c3oc3ccccc34)cc2)c([2H])c1[2H]. The third-order valence-corrected chi connectivity index (χ3v) is 10.3. The van der Waals surface area contributed by atoms with E-state index in [2.05, 4.69) is 100 Å². The van der Waals surface area contributed by atoms with Crippen molar-refractivity contribution in [2.24, 2.45) is 0 Å². The number of aromatic nitrogens is 1. The standard InChI is InChI=1S/C50H32N2O2/c1-3-13-33(14-4-1)34-25-29-37(30-26-34)51(45-23-12-20-41-40-17-8-10-24-46(40)53-49(41)45)38-31-27-35(28-32-38)39-19-11-21-43-47-42-18-7-9-22-44(42)52(50(47)54-48(39)43)36-15-5-2-6-16-36/h1-32H/i1D,3D,4D,13D,14D. The average molecular weight is 698 g/mol. The van der Waals surface area contributed by atoms with Crippen LogP contribution in [-0.2, 0) is 0 Å². The Bertz CT molecular complexity index is 3410. The fraction of sp³-hybridized carbons (Fsp3) is 0. The zero-order valence-corrected chi connectivity index (χ0v) is 28.8. The summed E-state index contributed by atoms with van der Waals surface area (Å²) in [6.07, 6.45) is 0. The smallest absolute Gasteiger partial charge is 0.213 e. The summed E-state index contributed by atoms with van der Waals surface area (Å²) in [6, 6.07) is 53.3. The highest BCUT2D eigenvalue weighted by atomic mass is 16.3. The second kappa shape index (κ2) is 12.1. The van der Waals surface area contributed by atoms with E-state index in [1.54, 1.807) is 12.1 Å². The first-order chi connectivity index (χ1) is 28.9. The number of benzene rings is 8. The van der Waals surface area contributed by atoms with Gasteiger partial charge in [0.05, 0.1) is 23.4 Å². The van der Waals surface area contributed by atoms with Crippen LogP contribution in [0, 0.1) is 0 Å². The number of furan rings is 2. The summed E-state index contributed by atoms with van der Waals surface area (Å²) in [7, 11) is 0. The maximum atomic E-state index is 8.57. The molecule has 11 aromatic rings. The van der Waals surface area contributed by atoms with Gasteiger partial charge in [0, 0.05) is 44.2 Å². The Labute approximate surface area is 318 Å². The predicted molar refractivity (Wildman–Crippen MR) is 223 cm³/mol. The highest BCUT2D eigenvalue weighted by Crippen LogP contribution is 2.45. The quantitative estimate of drug-likeness (QED) is 0.173. The number of rotatable bonds is 6. The van der Waals surface area contributed by atoms with Crippen LogP contribution < -0.4 is 4.90 Å². The van der Waals surface area contributed by atoms with Gasteiger partial charge in [0.15, 0.2) is 5.58 Å². The number of hydrogen-bond donors (Lipinski definition) is 0. The van der Waals surface area contributed by atoms with Gasteiger partial charge < -0.3 is 13.7 Å². The topological polar surface area (TPSA) is 34.5 Å². The fourth-order valence-electron chi connectivity index (χ4n) is 7.87. The monoisotopic (exact) mass is 697 g/mol. The van der Waals surface area contributed by atoms with Crippen molar-refractivity contribution in [2.45, 2.75) is 0 Å². The Morgan fingerprint density at radius 1 is 0.463 bits per heavy atom. The summed E-state index contributed by atoms with van der Waals surface area (Å²) in [5.74, 6) is 0. The molecule has 3 heterocycles. The maximum Gasteiger partial charge on any atom is 0.213 e. The maximum absolute atomic E-state index is 8.57. The summed E-state index contributed by atoms with van der Waals surface area (Å²) >= 11 is 0. The minimum Gasteiger partial charge on any atom is -0.454 e. The molecule has 4 nitrogen and oxygen atoms in total. The average Bonchev–Trinajstić information content (AvgIpc) is 3.96. The van der Waals surface area contributed by atoms with E-state index in [1.807, 2.05) is 60.7 Å². The first kappa shape index (κ1) is 25.6. The van der Waals surface area contributed by atoms with Crippen molar-refractivity contribution in [3.8, 4) is 27.9 Å². The van der Waals surface area contributed by atoms with Crippen LogP contribution in [-0.4, -0.2) is 4.57 Å². The zero-order chi connectivity index (χ0) is 39.9. The van der Waals surface area contributed by atoms with Gasteiger partial charge in [0.2, 0.25) is 5.71 Å². The van der Waals surface area contributed by atoms with Gasteiger partial charge in [-0.3, -0.25) is 4.57 Å². The van der Waals surface area contributed by atoms with E-state index >= 15 is 0 Å². The van der Waals surface area contributed by atoms with Crippen LogP contribution in [0.3, 0.4) is 0 Å².